The molecule has 0 saturated carbocycles. The van der Waals surface area contributed by atoms with Gasteiger partial charge in [-0.05, 0) is 39.9 Å². The zero-order valence-electron chi connectivity index (χ0n) is 16.2. The minimum atomic E-state index is -0.917. The van der Waals surface area contributed by atoms with Crippen LogP contribution in [0.2, 0.25) is 10.0 Å². The largest absolute Gasteiger partial charge is 0.467 e. The zero-order valence-corrected chi connectivity index (χ0v) is 17.7. The lowest BCUT2D eigenvalue weighted by atomic mass is 9.95. The van der Waals surface area contributed by atoms with Gasteiger partial charge in [0, 0.05) is 16.5 Å². The summed E-state index contributed by atoms with van der Waals surface area (Å²) in [7, 11) is 1.29. The summed E-state index contributed by atoms with van der Waals surface area (Å²) in [4.78, 5) is 25.8. The van der Waals surface area contributed by atoms with Crippen LogP contribution in [0.25, 0.3) is 11.1 Å². The fourth-order valence-corrected chi connectivity index (χ4v) is 4.51. The summed E-state index contributed by atoms with van der Waals surface area (Å²) in [6, 6.07) is 19.8. The molecule has 3 aromatic rings. The van der Waals surface area contributed by atoms with Gasteiger partial charge in [-0.1, -0.05) is 77.8 Å². The molecule has 1 aliphatic rings. The van der Waals surface area contributed by atoms with Crippen molar-refractivity contribution in [3.63, 3.8) is 0 Å². The number of nitrogens with one attached hydrogen (secondary N) is 1. The second-order valence-electron chi connectivity index (χ2n) is 7.10. The highest BCUT2D eigenvalue weighted by Crippen LogP contribution is 2.44. The topological polar surface area (TPSA) is 55.4 Å². The van der Waals surface area contributed by atoms with Crippen molar-refractivity contribution in [2.75, 3.05) is 7.11 Å². The molecule has 0 heterocycles. The molecule has 0 bridgehead atoms. The Kier molecular flexibility index (Phi) is 5.80. The van der Waals surface area contributed by atoms with Gasteiger partial charge in [0.2, 0.25) is 5.91 Å². The smallest absolute Gasteiger partial charge is 0.328 e. The molecule has 1 aliphatic carbocycles. The molecule has 4 nitrogen and oxygen atoms in total. The fraction of sp³-hybridized carbons (Fsp3) is 0.167. The Labute approximate surface area is 184 Å². The second-order valence-corrected chi connectivity index (χ2v) is 7.91. The number of benzene rings is 3. The first-order valence-corrected chi connectivity index (χ1v) is 10.3. The van der Waals surface area contributed by atoms with E-state index in [9.17, 15) is 9.59 Å². The summed E-state index contributed by atoms with van der Waals surface area (Å²) in [6.45, 7) is 0. The second kappa shape index (κ2) is 8.50. The minimum absolute atomic E-state index is 0.132. The van der Waals surface area contributed by atoms with Crippen LogP contribution >= 0.6 is 23.2 Å². The van der Waals surface area contributed by atoms with Crippen molar-refractivity contribution in [2.45, 2.75) is 18.4 Å². The first kappa shape index (κ1) is 20.5. The molecule has 0 spiro atoms. The number of hydrogen-bond acceptors (Lipinski definition) is 3. The number of halogens is 2. The number of rotatable bonds is 5. The molecule has 0 radical (unpaired) electrons. The van der Waals surface area contributed by atoms with Crippen molar-refractivity contribution in [2.24, 2.45) is 0 Å². The SMILES string of the molecule is COC(=O)[C@@H](Cc1c(Cl)cccc1Cl)NC(=O)C1c2ccccc2-c2ccccc21. The number of amides is 1. The van der Waals surface area contributed by atoms with E-state index < -0.39 is 17.9 Å². The van der Waals surface area contributed by atoms with Gasteiger partial charge in [0.1, 0.15) is 6.04 Å². The van der Waals surface area contributed by atoms with Gasteiger partial charge in [-0.15, -0.1) is 0 Å². The van der Waals surface area contributed by atoms with Crippen LogP contribution in [0.1, 0.15) is 22.6 Å². The summed E-state index contributed by atoms with van der Waals surface area (Å²) >= 11 is 12.5. The normalized spacial score (nSPS) is 13.3. The van der Waals surface area contributed by atoms with Gasteiger partial charge >= 0.3 is 5.97 Å². The lowest BCUT2D eigenvalue weighted by molar-refractivity contribution is -0.145. The molecular formula is C24H19Cl2NO3. The van der Waals surface area contributed by atoms with E-state index >= 15 is 0 Å². The molecule has 6 heteroatoms. The van der Waals surface area contributed by atoms with Crippen LogP contribution in [0.15, 0.2) is 66.7 Å². The third-order valence-corrected chi connectivity index (χ3v) is 6.08. The molecule has 30 heavy (non-hydrogen) atoms. The minimum Gasteiger partial charge on any atom is -0.467 e. The lowest BCUT2D eigenvalue weighted by Gasteiger charge is -2.21. The summed E-state index contributed by atoms with van der Waals surface area (Å²) in [5.41, 5.74) is 4.46. The van der Waals surface area contributed by atoms with E-state index in [-0.39, 0.29) is 12.3 Å². The Morgan fingerprint density at radius 1 is 0.900 bits per heavy atom. The van der Waals surface area contributed by atoms with Crippen LogP contribution in [0, 0.1) is 0 Å². The maximum absolute atomic E-state index is 13.4. The van der Waals surface area contributed by atoms with E-state index in [1.807, 2.05) is 48.5 Å². The van der Waals surface area contributed by atoms with E-state index in [2.05, 4.69) is 5.32 Å². The third kappa shape index (κ3) is 3.69. The van der Waals surface area contributed by atoms with Crippen molar-refractivity contribution in [3.8, 4) is 11.1 Å². The lowest BCUT2D eigenvalue weighted by Crippen LogP contribution is -2.45. The van der Waals surface area contributed by atoms with E-state index in [0.29, 0.717) is 15.6 Å². The van der Waals surface area contributed by atoms with Crippen LogP contribution in [0.4, 0.5) is 0 Å². The maximum atomic E-state index is 13.4. The van der Waals surface area contributed by atoms with Crippen LogP contribution in [0.5, 0.6) is 0 Å². The molecule has 1 atom stereocenters. The molecule has 1 amide bonds. The average Bonchev–Trinajstić information content (AvgIpc) is 3.09. The summed E-state index contributed by atoms with van der Waals surface area (Å²) in [5, 5.41) is 3.73. The Morgan fingerprint density at radius 3 is 1.97 bits per heavy atom. The molecule has 0 aliphatic heterocycles. The number of esters is 1. The van der Waals surface area contributed by atoms with Crippen molar-refractivity contribution < 1.29 is 14.3 Å². The molecule has 4 rings (SSSR count). The third-order valence-electron chi connectivity index (χ3n) is 5.37. The number of fused-ring (bicyclic) bond motifs is 3. The van der Waals surface area contributed by atoms with Crippen LogP contribution in [0.3, 0.4) is 0 Å². The summed E-state index contributed by atoms with van der Waals surface area (Å²) in [6.07, 6.45) is 0.132. The predicted octanol–water partition coefficient (Wildman–Crippen LogP) is 5.01. The molecule has 0 unspecified atom stereocenters. The summed E-state index contributed by atoms with van der Waals surface area (Å²) in [5.74, 6) is -1.34. The number of methoxy groups -OCH3 is 1. The number of ether oxygens (including phenoxy) is 1. The molecule has 3 aromatic carbocycles. The fourth-order valence-electron chi connectivity index (χ4n) is 3.96. The maximum Gasteiger partial charge on any atom is 0.328 e. The van der Waals surface area contributed by atoms with Gasteiger partial charge in [-0.25, -0.2) is 4.79 Å². The van der Waals surface area contributed by atoms with E-state index in [1.165, 1.54) is 7.11 Å². The van der Waals surface area contributed by atoms with Gasteiger partial charge in [0.25, 0.3) is 0 Å². The van der Waals surface area contributed by atoms with Gasteiger partial charge < -0.3 is 10.1 Å². The Balaban J connectivity index is 1.66. The van der Waals surface area contributed by atoms with E-state index in [1.54, 1.807) is 18.2 Å². The Morgan fingerprint density at radius 2 is 1.43 bits per heavy atom. The highest BCUT2D eigenvalue weighted by Gasteiger charge is 2.35. The first-order chi connectivity index (χ1) is 14.5. The Hall–Kier alpha value is -2.82. The first-order valence-electron chi connectivity index (χ1n) is 9.50. The molecule has 0 saturated heterocycles. The monoisotopic (exact) mass is 439 g/mol. The van der Waals surface area contributed by atoms with E-state index in [4.69, 9.17) is 27.9 Å². The van der Waals surface area contributed by atoms with Crippen molar-refractivity contribution >= 4 is 35.1 Å². The predicted molar refractivity (Wildman–Crippen MR) is 118 cm³/mol. The quantitative estimate of drug-likeness (QED) is 0.568. The molecule has 152 valence electrons. The molecular weight excluding hydrogens is 421 g/mol. The average molecular weight is 440 g/mol. The van der Waals surface area contributed by atoms with Crippen molar-refractivity contribution in [1.82, 2.24) is 5.32 Å². The van der Waals surface area contributed by atoms with Crippen LogP contribution in [-0.4, -0.2) is 25.0 Å². The standard InChI is InChI=1S/C24H19Cl2NO3/c1-30-24(29)21(13-18-19(25)11-6-12-20(18)26)27-23(28)22-16-9-4-2-7-14(16)15-8-3-5-10-17(15)22/h2-12,21-22H,13H2,1H3,(H,27,28)/t21-/m1/s1. The Bertz CT molecular complexity index is 1060. The molecule has 0 aromatic heterocycles. The van der Waals surface area contributed by atoms with Gasteiger partial charge in [-0.3, -0.25) is 4.79 Å². The van der Waals surface area contributed by atoms with Crippen LogP contribution < -0.4 is 5.32 Å². The number of carbonyl (C=O) groups excluding carboxylic acids is 2. The van der Waals surface area contributed by atoms with Gasteiger partial charge in [0.05, 0.1) is 13.0 Å². The highest BCUT2D eigenvalue weighted by molar-refractivity contribution is 6.36. The zero-order chi connectivity index (χ0) is 21.3. The number of carbonyl (C=O) groups is 2. The van der Waals surface area contributed by atoms with E-state index in [0.717, 1.165) is 22.3 Å². The molecule has 1 N–H and O–H groups in total. The van der Waals surface area contributed by atoms with Crippen molar-refractivity contribution in [3.05, 3.63) is 93.5 Å². The molecule has 0 fully saturated rings. The summed E-state index contributed by atoms with van der Waals surface area (Å²) < 4.78 is 4.93. The van der Waals surface area contributed by atoms with Gasteiger partial charge in [0.15, 0.2) is 0 Å². The van der Waals surface area contributed by atoms with Gasteiger partial charge in [-0.2, -0.15) is 0 Å². The van der Waals surface area contributed by atoms with Crippen molar-refractivity contribution in [1.29, 1.82) is 0 Å². The van der Waals surface area contributed by atoms with Crippen LogP contribution in [-0.2, 0) is 20.7 Å². The highest BCUT2D eigenvalue weighted by atomic mass is 35.5. The number of hydrogen-bond donors (Lipinski definition) is 1.